The van der Waals surface area contributed by atoms with Crippen molar-refractivity contribution in [2.75, 3.05) is 5.73 Å². The Morgan fingerprint density at radius 3 is 2.42 bits per heavy atom. The zero-order valence-corrected chi connectivity index (χ0v) is 14.6. The van der Waals surface area contributed by atoms with E-state index in [1.807, 2.05) is 0 Å². The molecule has 0 amide bonds. The van der Waals surface area contributed by atoms with Gasteiger partial charge < -0.3 is 5.73 Å². The molecule has 0 aliphatic heterocycles. The van der Waals surface area contributed by atoms with Crippen LogP contribution in [-0.4, -0.2) is 21.2 Å². The van der Waals surface area contributed by atoms with Gasteiger partial charge in [0.25, 0.3) is 5.91 Å². The number of carbonyl (C=O) groups excluding carboxylic acids is 2. The summed E-state index contributed by atoms with van der Waals surface area (Å²) in [5, 5.41) is 0.0506. The van der Waals surface area contributed by atoms with Gasteiger partial charge in [-0.15, -0.1) is 0 Å². The van der Waals surface area contributed by atoms with Gasteiger partial charge in [0.2, 0.25) is 5.95 Å². The van der Waals surface area contributed by atoms with Crippen molar-refractivity contribution in [3.8, 4) is 0 Å². The third kappa shape index (κ3) is 2.55. The first kappa shape index (κ1) is 16.8. The zero-order chi connectivity index (χ0) is 17.6. The molecule has 0 radical (unpaired) electrons. The van der Waals surface area contributed by atoms with E-state index >= 15 is 0 Å². The number of benzene rings is 2. The maximum absolute atomic E-state index is 13.1. The first-order valence-corrected chi connectivity index (χ1v) is 7.92. The van der Waals surface area contributed by atoms with E-state index in [1.54, 1.807) is 24.3 Å². The lowest BCUT2D eigenvalue weighted by Crippen LogP contribution is -2.19. The van der Waals surface area contributed by atoms with Crippen LogP contribution in [0.2, 0.25) is 15.1 Å². The highest BCUT2D eigenvalue weighted by Crippen LogP contribution is 2.35. The second-order valence-corrected chi connectivity index (χ2v) is 6.25. The van der Waals surface area contributed by atoms with E-state index < -0.39 is 11.7 Å². The van der Waals surface area contributed by atoms with Crippen LogP contribution in [0.1, 0.15) is 27.6 Å². The summed E-state index contributed by atoms with van der Waals surface area (Å²) in [5.41, 5.74) is 6.80. The quantitative estimate of drug-likeness (QED) is 0.524. The molecule has 3 aromatic rings. The molecular formula is C16H10Cl3N3O2. The van der Waals surface area contributed by atoms with Gasteiger partial charge in [-0.3, -0.25) is 9.59 Å². The van der Waals surface area contributed by atoms with Gasteiger partial charge in [-0.2, -0.15) is 0 Å². The lowest BCUT2D eigenvalue weighted by atomic mass is 10.0. The molecule has 2 N–H and O–H groups in total. The summed E-state index contributed by atoms with van der Waals surface area (Å²) in [6.07, 6.45) is 0. The lowest BCUT2D eigenvalue weighted by molar-refractivity contribution is 0.0950. The molecule has 0 unspecified atom stereocenters. The third-order valence-corrected chi connectivity index (χ3v) is 4.61. The predicted molar refractivity (Wildman–Crippen MR) is 95.4 cm³/mol. The molecule has 0 aliphatic carbocycles. The molecule has 8 heteroatoms. The number of fused-ring (bicyclic) bond motifs is 1. The number of nitrogens with two attached hydrogens (primary N) is 1. The fourth-order valence-corrected chi connectivity index (χ4v) is 3.34. The first-order valence-electron chi connectivity index (χ1n) is 6.79. The molecule has 0 bridgehead atoms. The summed E-state index contributed by atoms with van der Waals surface area (Å²) in [5.74, 6) is -1.06. The van der Waals surface area contributed by atoms with E-state index in [4.69, 9.17) is 40.5 Å². The van der Waals surface area contributed by atoms with Gasteiger partial charge in [0, 0.05) is 0 Å². The number of anilines is 1. The predicted octanol–water partition coefficient (Wildman–Crippen LogP) is 4.47. The number of Topliss-reactive ketones (excluding diaryl/α,β-unsaturated/α-hetero) is 1. The molecule has 0 atom stereocenters. The molecule has 5 nitrogen and oxygen atoms in total. The van der Waals surface area contributed by atoms with Crippen molar-refractivity contribution in [1.29, 1.82) is 0 Å². The van der Waals surface area contributed by atoms with Crippen molar-refractivity contribution in [2.24, 2.45) is 0 Å². The third-order valence-electron chi connectivity index (χ3n) is 3.53. The minimum absolute atomic E-state index is 0.00625. The summed E-state index contributed by atoms with van der Waals surface area (Å²) in [6.45, 7) is 1.29. The Bertz CT molecular complexity index is 1010. The second-order valence-electron chi connectivity index (χ2n) is 5.06. The topological polar surface area (TPSA) is 78.0 Å². The number of carbonyl (C=O) groups is 2. The van der Waals surface area contributed by atoms with Crippen LogP contribution in [0.25, 0.3) is 11.0 Å². The second kappa shape index (κ2) is 6.09. The number of ketones is 1. The van der Waals surface area contributed by atoms with Crippen LogP contribution in [0.4, 0.5) is 5.95 Å². The molecule has 122 valence electrons. The highest BCUT2D eigenvalue weighted by atomic mass is 35.5. The van der Waals surface area contributed by atoms with Gasteiger partial charge in [0.1, 0.15) is 0 Å². The van der Waals surface area contributed by atoms with Crippen LogP contribution in [0.5, 0.6) is 0 Å². The van der Waals surface area contributed by atoms with E-state index in [0.29, 0.717) is 11.0 Å². The Balaban J connectivity index is 2.35. The fraction of sp³-hybridized carbons (Fsp3) is 0.0625. The van der Waals surface area contributed by atoms with Gasteiger partial charge in [-0.05, 0) is 25.1 Å². The Labute approximate surface area is 151 Å². The number of halogens is 3. The number of rotatable bonds is 2. The maximum atomic E-state index is 13.1. The molecule has 0 fully saturated rings. The van der Waals surface area contributed by atoms with Crippen LogP contribution in [0, 0.1) is 0 Å². The van der Waals surface area contributed by atoms with Crippen LogP contribution < -0.4 is 5.73 Å². The van der Waals surface area contributed by atoms with Gasteiger partial charge in [0.15, 0.2) is 5.78 Å². The molecule has 2 aromatic carbocycles. The Morgan fingerprint density at radius 1 is 1.08 bits per heavy atom. The van der Waals surface area contributed by atoms with E-state index in [2.05, 4.69) is 4.98 Å². The summed E-state index contributed by atoms with van der Waals surface area (Å²) in [4.78, 5) is 29.2. The van der Waals surface area contributed by atoms with Crippen molar-refractivity contribution < 1.29 is 9.59 Å². The van der Waals surface area contributed by atoms with Gasteiger partial charge >= 0.3 is 0 Å². The number of aromatic nitrogens is 2. The number of imidazole rings is 1. The number of hydrogen-bond donors (Lipinski definition) is 1. The van der Waals surface area contributed by atoms with E-state index in [1.165, 1.54) is 17.6 Å². The minimum atomic E-state index is -0.624. The normalized spacial score (nSPS) is 11.0. The average molecular weight is 383 g/mol. The SMILES string of the molecule is CC(=O)c1c(Cl)cc(Cl)c(Cl)c1C(=O)n1c(N)nc2ccccc21. The minimum Gasteiger partial charge on any atom is -0.369 e. The number of para-hydroxylation sites is 2. The number of nitrogens with zero attached hydrogens (tertiary/aromatic N) is 2. The highest BCUT2D eigenvalue weighted by molar-refractivity contribution is 6.46. The molecule has 3 rings (SSSR count). The van der Waals surface area contributed by atoms with Crippen molar-refractivity contribution in [3.63, 3.8) is 0 Å². The van der Waals surface area contributed by atoms with Crippen molar-refractivity contribution >= 4 is 63.5 Å². The molecule has 0 aliphatic rings. The monoisotopic (exact) mass is 381 g/mol. The molecule has 1 heterocycles. The summed E-state index contributed by atoms with van der Waals surface area (Å²) < 4.78 is 1.18. The average Bonchev–Trinajstić information content (AvgIpc) is 2.85. The number of hydrogen-bond acceptors (Lipinski definition) is 4. The molecule has 0 spiro atoms. The zero-order valence-electron chi connectivity index (χ0n) is 12.3. The van der Waals surface area contributed by atoms with Gasteiger partial charge in [0.05, 0.1) is 37.2 Å². The van der Waals surface area contributed by atoms with E-state index in [9.17, 15) is 9.59 Å². The summed E-state index contributed by atoms with van der Waals surface area (Å²) in [6, 6.07) is 8.24. The van der Waals surface area contributed by atoms with Gasteiger partial charge in [-0.25, -0.2) is 9.55 Å². The van der Waals surface area contributed by atoms with Crippen molar-refractivity contribution in [1.82, 2.24) is 9.55 Å². The Hall–Kier alpha value is -2.08. The van der Waals surface area contributed by atoms with E-state index in [0.717, 1.165) is 0 Å². The van der Waals surface area contributed by atoms with Crippen LogP contribution in [-0.2, 0) is 0 Å². The molecule has 1 aromatic heterocycles. The molecule has 24 heavy (non-hydrogen) atoms. The molecular weight excluding hydrogens is 373 g/mol. The fourth-order valence-electron chi connectivity index (χ4n) is 2.51. The standard InChI is InChI=1S/C16H10Cl3N3O2/c1-7(23)12-8(17)6-9(18)14(19)13(12)15(24)22-11-5-3-2-4-10(11)21-16(22)20/h2-6H,1H3,(H2,20,21). The van der Waals surface area contributed by atoms with Crippen LogP contribution in [0.3, 0.4) is 0 Å². The lowest BCUT2D eigenvalue weighted by Gasteiger charge is -2.13. The smallest absolute Gasteiger partial charge is 0.267 e. The summed E-state index contributed by atoms with van der Waals surface area (Å²) in [7, 11) is 0. The van der Waals surface area contributed by atoms with Crippen molar-refractivity contribution in [3.05, 3.63) is 56.5 Å². The molecule has 0 saturated carbocycles. The largest absolute Gasteiger partial charge is 0.369 e. The Kier molecular flexibility index (Phi) is 4.25. The van der Waals surface area contributed by atoms with Crippen molar-refractivity contribution in [2.45, 2.75) is 6.92 Å². The van der Waals surface area contributed by atoms with Crippen LogP contribution in [0.15, 0.2) is 30.3 Å². The summed E-state index contributed by atoms with van der Waals surface area (Å²) >= 11 is 18.3. The highest BCUT2D eigenvalue weighted by Gasteiger charge is 2.27. The van der Waals surface area contributed by atoms with Crippen LogP contribution >= 0.6 is 34.8 Å². The van der Waals surface area contributed by atoms with Gasteiger partial charge in [-0.1, -0.05) is 46.9 Å². The Morgan fingerprint density at radius 2 is 1.75 bits per heavy atom. The van der Waals surface area contributed by atoms with E-state index in [-0.39, 0.29) is 32.1 Å². The molecule has 0 saturated heterocycles. The first-order chi connectivity index (χ1) is 11.3. The number of nitrogen functional groups attached to an aromatic ring is 1. The maximum Gasteiger partial charge on any atom is 0.267 e.